The Balaban J connectivity index is 0.000000284. The van der Waals surface area contributed by atoms with E-state index < -0.39 is 15.6 Å². The SMILES string of the molecule is CNC1=[N+](C)[C@H]2[C@H](N(C)C(=O)N2C)N1C.O=S(=O)([O-])C(F)(F)F. The molecular weight excluding hydrogens is 343 g/mol. The number of fused-ring (bicyclic) bond motifs is 1. The molecule has 2 aliphatic heterocycles. The van der Waals surface area contributed by atoms with Gasteiger partial charge in [0, 0.05) is 14.1 Å². The minimum absolute atomic E-state index is 0.0684. The molecular formula is C10H18F3N5O4S. The Labute approximate surface area is 131 Å². The van der Waals surface area contributed by atoms with Crippen LogP contribution in [0.4, 0.5) is 18.0 Å². The van der Waals surface area contributed by atoms with Crippen LogP contribution >= 0.6 is 0 Å². The standard InChI is InChI=1S/C9H17N5O.CHF3O3S/c1-10-8-11(2)6-7(12(8)3)14(5)9(15)13(6)4;2-1(3,4)8(5,6)7/h6-7H,1-5H3;(H,5,6,7)/t6-,7+;. The zero-order valence-electron chi connectivity index (χ0n) is 13.1. The third kappa shape index (κ3) is 3.29. The predicted octanol–water partition coefficient (Wildman–Crippen LogP) is -1.15. The molecule has 0 aromatic rings. The molecule has 0 aromatic heterocycles. The van der Waals surface area contributed by atoms with Crippen LogP contribution in [-0.2, 0) is 10.1 Å². The quantitative estimate of drug-likeness (QED) is 0.332. The molecule has 0 aromatic carbocycles. The van der Waals surface area contributed by atoms with Crippen LogP contribution in [0.15, 0.2) is 0 Å². The van der Waals surface area contributed by atoms with E-state index in [1.807, 2.05) is 35.2 Å². The molecule has 2 amide bonds. The van der Waals surface area contributed by atoms with Gasteiger partial charge in [-0.3, -0.25) is 15.1 Å². The first-order valence-electron chi connectivity index (χ1n) is 6.27. The molecule has 2 heterocycles. The second-order valence-corrected chi connectivity index (χ2v) is 6.40. The zero-order valence-corrected chi connectivity index (χ0v) is 13.9. The normalized spacial score (nSPS) is 24.7. The number of rotatable bonds is 0. The second-order valence-electron chi connectivity index (χ2n) is 5.03. The molecule has 2 aliphatic rings. The molecule has 0 bridgehead atoms. The van der Waals surface area contributed by atoms with Crippen molar-refractivity contribution in [1.29, 1.82) is 0 Å². The van der Waals surface area contributed by atoms with E-state index >= 15 is 0 Å². The van der Waals surface area contributed by atoms with Crippen LogP contribution in [0.3, 0.4) is 0 Å². The van der Waals surface area contributed by atoms with E-state index in [1.54, 1.807) is 9.80 Å². The maximum absolute atomic E-state index is 11.8. The smallest absolute Gasteiger partial charge is 0.485 e. The molecule has 1 N–H and O–H groups in total. The number of carbonyl (C=O) groups is 1. The van der Waals surface area contributed by atoms with Crippen molar-refractivity contribution in [2.45, 2.75) is 17.8 Å². The van der Waals surface area contributed by atoms with E-state index in [0.717, 1.165) is 5.96 Å². The first-order chi connectivity index (χ1) is 10.3. The summed E-state index contributed by atoms with van der Waals surface area (Å²) >= 11 is 0. The minimum atomic E-state index is -6.09. The van der Waals surface area contributed by atoms with Gasteiger partial charge in [-0.2, -0.15) is 13.2 Å². The van der Waals surface area contributed by atoms with Crippen molar-refractivity contribution in [3.63, 3.8) is 0 Å². The second kappa shape index (κ2) is 6.03. The summed E-state index contributed by atoms with van der Waals surface area (Å²) < 4.78 is 61.0. The maximum atomic E-state index is 11.8. The first kappa shape index (κ1) is 19.3. The first-order valence-corrected chi connectivity index (χ1v) is 7.68. The molecule has 0 spiro atoms. The average molecular weight is 361 g/mol. The number of likely N-dealkylation sites (N-methyl/N-ethyl adjacent to an activating group) is 4. The molecule has 0 aliphatic carbocycles. The predicted molar refractivity (Wildman–Crippen MR) is 72.3 cm³/mol. The van der Waals surface area contributed by atoms with Gasteiger partial charge in [0.05, 0.1) is 21.1 Å². The topological polar surface area (TPSA) is 99.0 Å². The number of carbonyl (C=O) groups excluding carboxylic acids is 1. The molecule has 0 saturated carbocycles. The Morgan fingerprint density at radius 2 is 1.61 bits per heavy atom. The lowest BCUT2D eigenvalue weighted by molar-refractivity contribution is -0.551. The summed E-state index contributed by atoms with van der Waals surface area (Å²) in [4.78, 5) is 17.4. The Morgan fingerprint density at radius 3 is 1.91 bits per heavy atom. The highest BCUT2D eigenvalue weighted by atomic mass is 32.2. The number of halogens is 3. The van der Waals surface area contributed by atoms with Crippen LogP contribution in [0.2, 0.25) is 0 Å². The molecule has 134 valence electrons. The molecule has 0 radical (unpaired) electrons. The third-order valence-electron chi connectivity index (χ3n) is 3.63. The van der Waals surface area contributed by atoms with Gasteiger partial charge in [0.2, 0.25) is 12.3 Å². The number of nitrogens with one attached hydrogen (secondary N) is 1. The lowest BCUT2D eigenvalue weighted by atomic mass is 10.4. The molecule has 13 heteroatoms. The summed E-state index contributed by atoms with van der Waals surface area (Å²) in [5, 5.41) is 3.15. The van der Waals surface area contributed by atoms with E-state index in [0.29, 0.717) is 0 Å². The van der Waals surface area contributed by atoms with Crippen molar-refractivity contribution in [3.05, 3.63) is 0 Å². The Bertz CT molecular complexity index is 620. The summed E-state index contributed by atoms with van der Waals surface area (Å²) in [5.74, 6) is 1.04. The highest BCUT2D eigenvalue weighted by molar-refractivity contribution is 7.86. The molecule has 1 fully saturated rings. The van der Waals surface area contributed by atoms with Gasteiger partial charge in [-0.05, 0) is 0 Å². The van der Waals surface area contributed by atoms with Crippen LogP contribution in [0.1, 0.15) is 0 Å². The summed E-state index contributed by atoms with van der Waals surface area (Å²) in [6.07, 6.45) is 0.185. The number of guanidine groups is 1. The van der Waals surface area contributed by atoms with Gasteiger partial charge in [0.15, 0.2) is 10.1 Å². The summed E-state index contributed by atoms with van der Waals surface area (Å²) in [7, 11) is 3.48. The summed E-state index contributed by atoms with van der Waals surface area (Å²) in [5.41, 5.74) is -5.65. The van der Waals surface area contributed by atoms with Gasteiger partial charge in [-0.1, -0.05) is 0 Å². The lowest BCUT2D eigenvalue weighted by Crippen LogP contribution is -2.47. The number of hydrogen-bond acceptors (Lipinski definition) is 6. The summed E-state index contributed by atoms with van der Waals surface area (Å²) in [6.45, 7) is 0. The average Bonchev–Trinajstić information content (AvgIpc) is 2.77. The van der Waals surface area contributed by atoms with Gasteiger partial charge in [0.25, 0.3) is 0 Å². The van der Waals surface area contributed by atoms with Crippen LogP contribution in [0.5, 0.6) is 0 Å². The van der Waals surface area contributed by atoms with Crippen molar-refractivity contribution < 1.29 is 35.5 Å². The fourth-order valence-corrected chi connectivity index (χ4v) is 2.65. The Morgan fingerprint density at radius 1 is 1.17 bits per heavy atom. The highest BCUT2D eigenvalue weighted by Crippen LogP contribution is 2.26. The molecule has 2 atom stereocenters. The van der Waals surface area contributed by atoms with Crippen LogP contribution in [-0.4, -0.2) is 97.3 Å². The lowest BCUT2D eigenvalue weighted by Gasteiger charge is -2.20. The van der Waals surface area contributed by atoms with Crippen LogP contribution < -0.4 is 5.32 Å². The highest BCUT2D eigenvalue weighted by Gasteiger charge is 2.55. The van der Waals surface area contributed by atoms with Gasteiger partial charge < -0.3 is 4.55 Å². The fourth-order valence-electron chi connectivity index (χ4n) is 2.65. The number of hydrogen-bond donors (Lipinski definition) is 1. The number of nitrogens with zero attached hydrogens (tertiary/aromatic N) is 4. The van der Waals surface area contributed by atoms with Crippen molar-refractivity contribution >= 4 is 22.1 Å². The maximum Gasteiger partial charge on any atom is 0.485 e. The van der Waals surface area contributed by atoms with Crippen molar-refractivity contribution in [2.75, 3.05) is 35.2 Å². The van der Waals surface area contributed by atoms with E-state index in [1.165, 1.54) is 0 Å². The van der Waals surface area contributed by atoms with Gasteiger partial charge in [-0.15, -0.1) is 0 Å². The molecule has 0 unspecified atom stereocenters. The van der Waals surface area contributed by atoms with Crippen molar-refractivity contribution in [3.8, 4) is 0 Å². The van der Waals surface area contributed by atoms with Gasteiger partial charge >= 0.3 is 17.5 Å². The molecule has 1 saturated heterocycles. The number of alkyl halides is 3. The van der Waals surface area contributed by atoms with E-state index in [2.05, 4.69) is 14.8 Å². The number of urea groups is 1. The van der Waals surface area contributed by atoms with Crippen molar-refractivity contribution in [2.24, 2.45) is 0 Å². The molecule has 9 nitrogen and oxygen atoms in total. The Kier molecular flexibility index (Phi) is 5.06. The molecule has 2 rings (SSSR count). The molecule has 23 heavy (non-hydrogen) atoms. The monoisotopic (exact) mass is 361 g/mol. The third-order valence-corrected chi connectivity index (χ3v) is 4.20. The van der Waals surface area contributed by atoms with E-state index in [4.69, 9.17) is 13.0 Å². The Hall–Kier alpha value is -1.76. The van der Waals surface area contributed by atoms with Crippen LogP contribution in [0.25, 0.3) is 0 Å². The zero-order chi connectivity index (χ0) is 18.3. The van der Waals surface area contributed by atoms with Gasteiger partial charge in [-0.25, -0.2) is 22.7 Å². The van der Waals surface area contributed by atoms with Gasteiger partial charge in [0.1, 0.15) is 0 Å². The van der Waals surface area contributed by atoms with Crippen LogP contribution in [0, 0.1) is 0 Å². The fraction of sp³-hybridized carbons (Fsp3) is 0.800. The number of amides is 2. The largest absolute Gasteiger partial charge is 0.741 e. The van der Waals surface area contributed by atoms with Crippen molar-refractivity contribution in [1.82, 2.24) is 20.0 Å². The van der Waals surface area contributed by atoms with E-state index in [-0.39, 0.29) is 18.4 Å². The van der Waals surface area contributed by atoms with E-state index in [9.17, 15) is 18.0 Å². The summed E-state index contributed by atoms with van der Waals surface area (Å²) in [6, 6.07) is 0.0684. The minimum Gasteiger partial charge on any atom is -0.741 e.